The van der Waals surface area contributed by atoms with E-state index in [0.717, 1.165) is 34.5 Å². The number of rotatable bonds is 4. The van der Waals surface area contributed by atoms with Crippen molar-refractivity contribution in [3.05, 3.63) is 83.2 Å². The molecule has 5 rings (SSSR count). The molecule has 1 aromatic heterocycles. The monoisotopic (exact) mass is 447 g/mol. The van der Waals surface area contributed by atoms with Crippen LogP contribution in [0.15, 0.2) is 60.6 Å². The number of amides is 1. The normalized spacial score (nSPS) is 21.8. The number of carbonyl (C=O) groups excluding carboxylic acids is 1. The van der Waals surface area contributed by atoms with Crippen molar-refractivity contribution in [1.29, 1.82) is 0 Å². The summed E-state index contributed by atoms with van der Waals surface area (Å²) in [5.74, 6) is 0.374. The first-order valence-electron chi connectivity index (χ1n) is 11.1. The number of fused-ring (bicyclic) bond motifs is 1. The molecule has 0 bridgehead atoms. The lowest BCUT2D eigenvalue weighted by Crippen LogP contribution is -2.53. The standard InChI is InChI=1S/C26H26FN3O3/c1-17-13-29(16-28-17)23-9-6-18(11-25(23)32-2)10-20-7-8-22-14-33-15-24(30(22)26(20)31)19-4-3-5-21(27)12-19/h3-6,9-13,16,22,24H,7-8,14-15H2,1-2H3/b20-10+/t22-,24+/m1/s1. The van der Waals surface area contributed by atoms with Gasteiger partial charge < -0.3 is 18.9 Å². The van der Waals surface area contributed by atoms with Crippen LogP contribution in [0.1, 0.15) is 35.7 Å². The van der Waals surface area contributed by atoms with Gasteiger partial charge in [-0.15, -0.1) is 0 Å². The molecule has 6 nitrogen and oxygen atoms in total. The number of ether oxygens (including phenoxy) is 2. The summed E-state index contributed by atoms with van der Waals surface area (Å²) in [6.07, 6.45) is 7.10. The lowest BCUT2D eigenvalue weighted by atomic mass is 9.91. The second-order valence-corrected chi connectivity index (χ2v) is 8.54. The minimum absolute atomic E-state index is 0.00180. The maximum atomic E-state index is 13.9. The first-order chi connectivity index (χ1) is 16.0. The number of piperidine rings is 1. The van der Waals surface area contributed by atoms with Gasteiger partial charge >= 0.3 is 0 Å². The van der Waals surface area contributed by atoms with Gasteiger partial charge in [-0.2, -0.15) is 0 Å². The molecule has 3 aromatic rings. The number of aromatic nitrogens is 2. The van der Waals surface area contributed by atoms with E-state index in [1.165, 1.54) is 12.1 Å². The number of halogens is 1. The predicted octanol–water partition coefficient (Wildman–Crippen LogP) is 4.47. The third kappa shape index (κ3) is 4.16. The van der Waals surface area contributed by atoms with Crippen LogP contribution in [0.5, 0.6) is 5.75 Å². The van der Waals surface area contributed by atoms with E-state index in [1.807, 2.05) is 52.9 Å². The van der Waals surface area contributed by atoms with Gasteiger partial charge in [0.05, 0.1) is 50.1 Å². The van der Waals surface area contributed by atoms with Gasteiger partial charge in [0.2, 0.25) is 0 Å². The van der Waals surface area contributed by atoms with Gasteiger partial charge in [0.15, 0.2) is 0 Å². The van der Waals surface area contributed by atoms with E-state index in [-0.39, 0.29) is 23.8 Å². The van der Waals surface area contributed by atoms with Gasteiger partial charge in [0.1, 0.15) is 11.6 Å². The van der Waals surface area contributed by atoms with E-state index in [4.69, 9.17) is 9.47 Å². The third-order valence-electron chi connectivity index (χ3n) is 6.34. The van der Waals surface area contributed by atoms with Gasteiger partial charge in [-0.1, -0.05) is 18.2 Å². The Balaban J connectivity index is 1.45. The molecule has 0 saturated carbocycles. The molecule has 3 heterocycles. The summed E-state index contributed by atoms with van der Waals surface area (Å²) >= 11 is 0. The van der Waals surface area contributed by atoms with Crippen molar-refractivity contribution in [1.82, 2.24) is 14.5 Å². The third-order valence-corrected chi connectivity index (χ3v) is 6.34. The molecule has 33 heavy (non-hydrogen) atoms. The van der Waals surface area contributed by atoms with E-state index in [1.54, 1.807) is 19.5 Å². The molecule has 2 saturated heterocycles. The predicted molar refractivity (Wildman–Crippen MR) is 123 cm³/mol. The average molecular weight is 448 g/mol. The van der Waals surface area contributed by atoms with E-state index in [9.17, 15) is 9.18 Å². The fraction of sp³-hybridized carbons (Fsp3) is 0.308. The quantitative estimate of drug-likeness (QED) is 0.554. The molecule has 0 radical (unpaired) electrons. The van der Waals surface area contributed by atoms with E-state index >= 15 is 0 Å². The molecule has 2 atom stereocenters. The van der Waals surface area contributed by atoms with Crippen molar-refractivity contribution in [3.63, 3.8) is 0 Å². The minimum atomic E-state index is -0.310. The summed E-state index contributed by atoms with van der Waals surface area (Å²) in [7, 11) is 1.63. The zero-order chi connectivity index (χ0) is 22.9. The van der Waals surface area contributed by atoms with Crippen LogP contribution in [0.25, 0.3) is 11.8 Å². The number of imidazole rings is 1. The lowest BCUT2D eigenvalue weighted by Gasteiger charge is -2.45. The van der Waals surface area contributed by atoms with E-state index in [2.05, 4.69) is 4.98 Å². The number of aryl methyl sites for hydroxylation is 1. The number of nitrogens with zero attached hydrogens (tertiary/aromatic N) is 3. The Labute approximate surface area is 192 Å². The molecular weight excluding hydrogens is 421 g/mol. The average Bonchev–Trinajstić information content (AvgIpc) is 3.26. The van der Waals surface area contributed by atoms with Crippen LogP contribution in [-0.4, -0.2) is 46.7 Å². The van der Waals surface area contributed by atoms with Crippen molar-refractivity contribution >= 4 is 12.0 Å². The molecule has 0 unspecified atom stereocenters. The minimum Gasteiger partial charge on any atom is -0.495 e. The number of methoxy groups -OCH3 is 1. The van der Waals surface area contributed by atoms with Crippen LogP contribution >= 0.6 is 0 Å². The topological polar surface area (TPSA) is 56.6 Å². The number of morpholine rings is 1. The van der Waals surface area contributed by atoms with Gasteiger partial charge in [-0.3, -0.25) is 4.79 Å². The molecule has 2 aromatic carbocycles. The second-order valence-electron chi connectivity index (χ2n) is 8.54. The Morgan fingerprint density at radius 3 is 2.85 bits per heavy atom. The number of hydrogen-bond donors (Lipinski definition) is 0. The molecule has 0 aliphatic carbocycles. The SMILES string of the molecule is COc1cc(/C=C2\CC[C@@H]3COC[C@@H](c4cccc(F)c4)N3C2=O)ccc1-n1cnc(C)c1. The highest BCUT2D eigenvalue weighted by atomic mass is 19.1. The zero-order valence-corrected chi connectivity index (χ0v) is 18.7. The molecule has 0 spiro atoms. The molecule has 170 valence electrons. The van der Waals surface area contributed by atoms with E-state index in [0.29, 0.717) is 25.4 Å². The van der Waals surface area contributed by atoms with Gasteiger partial charge in [0.25, 0.3) is 5.91 Å². The van der Waals surface area contributed by atoms with Gasteiger partial charge in [-0.25, -0.2) is 9.37 Å². The van der Waals surface area contributed by atoms with Crippen LogP contribution in [0.4, 0.5) is 4.39 Å². The van der Waals surface area contributed by atoms with Crippen LogP contribution in [0.2, 0.25) is 0 Å². The van der Waals surface area contributed by atoms with Crippen molar-refractivity contribution in [2.45, 2.75) is 31.8 Å². The van der Waals surface area contributed by atoms with Crippen LogP contribution in [0.3, 0.4) is 0 Å². The molecule has 2 fully saturated rings. The molecule has 7 heteroatoms. The van der Waals surface area contributed by atoms with Crippen LogP contribution in [-0.2, 0) is 9.53 Å². The highest BCUT2D eigenvalue weighted by Crippen LogP contribution is 2.36. The van der Waals surface area contributed by atoms with Crippen LogP contribution in [0, 0.1) is 12.7 Å². The summed E-state index contributed by atoms with van der Waals surface area (Å²) in [4.78, 5) is 19.7. The Hall–Kier alpha value is -3.45. The summed E-state index contributed by atoms with van der Waals surface area (Å²) in [6, 6.07) is 12.0. The number of hydrogen-bond acceptors (Lipinski definition) is 4. The maximum Gasteiger partial charge on any atom is 0.250 e. The van der Waals surface area contributed by atoms with E-state index < -0.39 is 0 Å². The summed E-state index contributed by atoms with van der Waals surface area (Å²) in [5.41, 5.74) is 4.20. The fourth-order valence-electron chi connectivity index (χ4n) is 4.71. The van der Waals surface area contributed by atoms with Crippen molar-refractivity contribution in [2.75, 3.05) is 20.3 Å². The van der Waals surface area contributed by atoms with Gasteiger partial charge in [0, 0.05) is 11.8 Å². The molecular formula is C26H26FN3O3. The molecule has 0 N–H and O–H groups in total. The Morgan fingerprint density at radius 1 is 1.21 bits per heavy atom. The molecule has 1 amide bonds. The van der Waals surface area contributed by atoms with Crippen LogP contribution < -0.4 is 4.74 Å². The Kier molecular flexibility index (Phi) is 5.72. The largest absolute Gasteiger partial charge is 0.495 e. The highest BCUT2D eigenvalue weighted by molar-refractivity contribution is 5.99. The highest BCUT2D eigenvalue weighted by Gasteiger charge is 2.40. The lowest BCUT2D eigenvalue weighted by molar-refractivity contribution is -0.145. The van der Waals surface area contributed by atoms with Crippen molar-refractivity contribution < 1.29 is 18.7 Å². The summed E-state index contributed by atoms with van der Waals surface area (Å²) < 4.78 is 27.2. The van der Waals surface area contributed by atoms with Gasteiger partial charge in [-0.05, 0) is 61.2 Å². The van der Waals surface area contributed by atoms with Crippen molar-refractivity contribution in [3.8, 4) is 11.4 Å². The number of carbonyl (C=O) groups is 1. The second kappa shape index (κ2) is 8.83. The summed E-state index contributed by atoms with van der Waals surface area (Å²) in [5, 5.41) is 0. The van der Waals surface area contributed by atoms with Crippen molar-refractivity contribution in [2.24, 2.45) is 0 Å². The Morgan fingerprint density at radius 2 is 2.09 bits per heavy atom. The zero-order valence-electron chi connectivity index (χ0n) is 18.7. The fourth-order valence-corrected chi connectivity index (χ4v) is 4.71. The first-order valence-corrected chi connectivity index (χ1v) is 11.1. The summed E-state index contributed by atoms with van der Waals surface area (Å²) in [6.45, 7) is 2.82. The molecule has 2 aliphatic heterocycles. The smallest absolute Gasteiger partial charge is 0.250 e. The maximum absolute atomic E-state index is 13.9. The first kappa shape index (κ1) is 21.4. The molecule has 2 aliphatic rings. The Bertz CT molecular complexity index is 1220. The number of benzene rings is 2.